The van der Waals surface area contributed by atoms with E-state index in [0.717, 1.165) is 45.9 Å². The Labute approximate surface area is 272 Å². The van der Waals surface area contributed by atoms with E-state index >= 15 is 0 Å². The van der Waals surface area contributed by atoms with Crippen molar-refractivity contribution in [2.75, 3.05) is 6.54 Å². The van der Waals surface area contributed by atoms with Crippen LogP contribution in [0.25, 0.3) is 71.9 Å². The van der Waals surface area contributed by atoms with Gasteiger partial charge in [0.05, 0.1) is 16.7 Å². The Morgan fingerprint density at radius 1 is 0.553 bits per heavy atom. The van der Waals surface area contributed by atoms with Gasteiger partial charge in [-0.05, 0) is 112 Å². The standard InChI is InChI=1S/C42H29N5/c1-2-6-29-21-36(12-9-28(29)5-1)47-41-13-10-30(32-15-19-45-39(24-32)34-7-3-17-43-26-34)22-37(41)38-23-31(11-14-42(38)47)33-16-20-46-40(25-33)35-8-4-18-44-27-35/h1-19,21-27,46H,20H2. The molecule has 8 aromatic rings. The lowest BCUT2D eigenvalue weighted by molar-refractivity contribution is 0.996. The van der Waals surface area contributed by atoms with E-state index in [1.54, 1.807) is 6.20 Å². The number of pyridine rings is 3. The maximum atomic E-state index is 4.64. The molecule has 5 heteroatoms. The monoisotopic (exact) mass is 603 g/mol. The molecule has 0 fully saturated rings. The molecule has 0 saturated heterocycles. The Kier molecular flexibility index (Phi) is 6.46. The summed E-state index contributed by atoms with van der Waals surface area (Å²) in [5.74, 6) is 0. The molecule has 4 aromatic carbocycles. The van der Waals surface area contributed by atoms with Crippen LogP contribution >= 0.6 is 0 Å². The van der Waals surface area contributed by atoms with Crippen LogP contribution in [0.2, 0.25) is 0 Å². The Bertz CT molecular complexity index is 2510. The summed E-state index contributed by atoms with van der Waals surface area (Å²) in [6.45, 7) is 0.762. The van der Waals surface area contributed by atoms with Gasteiger partial charge in [-0.2, -0.15) is 0 Å². The number of allylic oxidation sites excluding steroid dienone is 2. The average Bonchev–Trinajstić information content (AvgIpc) is 3.48. The molecule has 9 rings (SSSR count). The highest BCUT2D eigenvalue weighted by Crippen LogP contribution is 2.38. The van der Waals surface area contributed by atoms with Gasteiger partial charge in [-0.25, -0.2) is 0 Å². The summed E-state index contributed by atoms with van der Waals surface area (Å²) in [6, 6.07) is 41.2. The summed E-state index contributed by atoms with van der Waals surface area (Å²) in [4.78, 5) is 13.3. The third-order valence-corrected chi connectivity index (χ3v) is 9.03. The number of nitrogens with one attached hydrogen (secondary N) is 1. The van der Waals surface area contributed by atoms with Gasteiger partial charge in [-0.15, -0.1) is 0 Å². The molecule has 5 heterocycles. The summed E-state index contributed by atoms with van der Waals surface area (Å²) in [5, 5.41) is 8.39. The molecule has 0 saturated carbocycles. The van der Waals surface area contributed by atoms with Crippen molar-refractivity contribution >= 4 is 43.8 Å². The van der Waals surface area contributed by atoms with Crippen LogP contribution < -0.4 is 5.32 Å². The smallest absolute Gasteiger partial charge is 0.0723 e. The minimum absolute atomic E-state index is 0.762. The Morgan fingerprint density at radius 3 is 2.06 bits per heavy atom. The second-order valence-electron chi connectivity index (χ2n) is 11.8. The first-order valence-electron chi connectivity index (χ1n) is 15.8. The SMILES string of the molecule is C1=C(c2ccc3c(c2)c2cc(-c4ccnc(-c5cccnc5)c4)ccc2n3-c2ccc3ccccc3c2)C=C(c2cccnc2)NC1. The van der Waals surface area contributed by atoms with Gasteiger partial charge in [-0.1, -0.05) is 48.5 Å². The summed E-state index contributed by atoms with van der Waals surface area (Å²) in [7, 11) is 0. The van der Waals surface area contributed by atoms with Crippen LogP contribution in [0.1, 0.15) is 11.1 Å². The van der Waals surface area contributed by atoms with Gasteiger partial charge in [0.1, 0.15) is 0 Å². The predicted octanol–water partition coefficient (Wildman–Crippen LogP) is 9.48. The third kappa shape index (κ3) is 4.86. The number of fused-ring (bicyclic) bond motifs is 4. The van der Waals surface area contributed by atoms with Crippen molar-refractivity contribution in [2.45, 2.75) is 0 Å². The molecule has 1 aliphatic rings. The number of hydrogen-bond donors (Lipinski definition) is 1. The normalized spacial score (nSPS) is 13.0. The van der Waals surface area contributed by atoms with E-state index in [9.17, 15) is 0 Å². The average molecular weight is 604 g/mol. The van der Waals surface area contributed by atoms with E-state index in [2.05, 4.69) is 134 Å². The van der Waals surface area contributed by atoms with Gasteiger partial charge in [0.25, 0.3) is 0 Å². The summed E-state index contributed by atoms with van der Waals surface area (Å²) < 4.78 is 2.39. The van der Waals surface area contributed by atoms with Crippen LogP contribution in [0.3, 0.4) is 0 Å². The molecule has 47 heavy (non-hydrogen) atoms. The van der Waals surface area contributed by atoms with Gasteiger partial charge >= 0.3 is 0 Å². The molecule has 0 atom stereocenters. The summed E-state index contributed by atoms with van der Waals surface area (Å²) in [5.41, 5.74) is 12.2. The summed E-state index contributed by atoms with van der Waals surface area (Å²) >= 11 is 0. The fraction of sp³-hybridized carbons (Fsp3) is 0.0238. The highest BCUT2D eigenvalue weighted by molar-refractivity contribution is 6.12. The zero-order valence-corrected chi connectivity index (χ0v) is 25.5. The van der Waals surface area contributed by atoms with E-state index in [-0.39, 0.29) is 0 Å². The number of benzene rings is 4. The number of nitrogens with zero attached hydrogens (tertiary/aromatic N) is 4. The van der Waals surface area contributed by atoms with Crippen LogP contribution in [-0.2, 0) is 0 Å². The molecular formula is C42H29N5. The minimum atomic E-state index is 0.762. The lowest BCUT2D eigenvalue weighted by Crippen LogP contribution is -2.16. The van der Waals surface area contributed by atoms with Gasteiger partial charge in [0, 0.05) is 70.8 Å². The first-order chi connectivity index (χ1) is 23.3. The molecular weight excluding hydrogens is 574 g/mol. The van der Waals surface area contributed by atoms with Crippen LogP contribution in [-0.4, -0.2) is 26.1 Å². The Morgan fingerprint density at radius 2 is 1.28 bits per heavy atom. The number of rotatable bonds is 5. The highest BCUT2D eigenvalue weighted by Gasteiger charge is 2.17. The van der Waals surface area contributed by atoms with E-state index in [1.165, 1.54) is 43.7 Å². The maximum absolute atomic E-state index is 4.64. The third-order valence-electron chi connectivity index (χ3n) is 9.03. The first kappa shape index (κ1) is 27.0. The maximum Gasteiger partial charge on any atom is 0.0723 e. The van der Waals surface area contributed by atoms with E-state index in [1.807, 2.05) is 43.0 Å². The van der Waals surface area contributed by atoms with Crippen molar-refractivity contribution in [3.8, 4) is 28.1 Å². The van der Waals surface area contributed by atoms with Crippen LogP contribution in [0.15, 0.2) is 158 Å². The molecule has 5 nitrogen and oxygen atoms in total. The van der Waals surface area contributed by atoms with Crippen LogP contribution in [0.5, 0.6) is 0 Å². The van der Waals surface area contributed by atoms with Crippen LogP contribution in [0.4, 0.5) is 0 Å². The molecule has 0 aliphatic carbocycles. The fourth-order valence-corrected chi connectivity index (χ4v) is 6.70. The van der Waals surface area contributed by atoms with Crippen molar-refractivity contribution in [3.63, 3.8) is 0 Å². The second kappa shape index (κ2) is 11.2. The summed E-state index contributed by atoms with van der Waals surface area (Å²) in [6.07, 6.45) is 13.7. The van der Waals surface area contributed by atoms with Gasteiger partial charge in [0.2, 0.25) is 0 Å². The van der Waals surface area contributed by atoms with Crippen LogP contribution in [0, 0.1) is 0 Å². The molecule has 0 unspecified atom stereocenters. The highest BCUT2D eigenvalue weighted by atomic mass is 15.0. The zero-order chi connectivity index (χ0) is 31.2. The molecule has 222 valence electrons. The first-order valence-corrected chi connectivity index (χ1v) is 15.8. The topological polar surface area (TPSA) is 55.6 Å². The predicted molar refractivity (Wildman–Crippen MR) is 193 cm³/mol. The lowest BCUT2D eigenvalue weighted by atomic mass is 9.97. The molecule has 0 radical (unpaired) electrons. The number of dihydropyridines is 1. The van der Waals surface area contributed by atoms with Crippen molar-refractivity contribution in [2.24, 2.45) is 0 Å². The molecule has 0 amide bonds. The Hall–Kier alpha value is -6.33. The van der Waals surface area contributed by atoms with Crippen molar-refractivity contribution in [1.82, 2.24) is 24.8 Å². The molecule has 4 aromatic heterocycles. The molecule has 0 spiro atoms. The van der Waals surface area contributed by atoms with Crippen molar-refractivity contribution in [1.29, 1.82) is 0 Å². The van der Waals surface area contributed by atoms with Gasteiger partial charge in [0.15, 0.2) is 0 Å². The largest absolute Gasteiger partial charge is 0.381 e. The van der Waals surface area contributed by atoms with E-state index < -0.39 is 0 Å². The quantitative estimate of drug-likeness (QED) is 0.213. The van der Waals surface area contributed by atoms with E-state index in [0.29, 0.717) is 0 Å². The number of hydrogen-bond acceptors (Lipinski definition) is 4. The molecule has 0 bridgehead atoms. The van der Waals surface area contributed by atoms with Crippen molar-refractivity contribution < 1.29 is 0 Å². The minimum Gasteiger partial charge on any atom is -0.381 e. The Balaban J connectivity index is 1.23. The lowest BCUT2D eigenvalue weighted by Gasteiger charge is -2.17. The molecule has 1 N–H and O–H groups in total. The fourth-order valence-electron chi connectivity index (χ4n) is 6.70. The second-order valence-corrected chi connectivity index (χ2v) is 11.8. The van der Waals surface area contributed by atoms with Crippen molar-refractivity contribution in [3.05, 3.63) is 170 Å². The van der Waals surface area contributed by atoms with Gasteiger partial charge in [-0.3, -0.25) is 15.0 Å². The van der Waals surface area contributed by atoms with E-state index in [4.69, 9.17) is 0 Å². The zero-order valence-electron chi connectivity index (χ0n) is 25.5. The van der Waals surface area contributed by atoms with Gasteiger partial charge < -0.3 is 9.88 Å². The molecule has 1 aliphatic heterocycles. The number of aromatic nitrogens is 4.